The van der Waals surface area contributed by atoms with E-state index in [1.54, 1.807) is 48.5 Å². The number of halogens is 1. The van der Waals surface area contributed by atoms with Crippen molar-refractivity contribution in [1.82, 2.24) is 5.32 Å². The van der Waals surface area contributed by atoms with Crippen molar-refractivity contribution in [3.05, 3.63) is 106 Å². The Hall–Kier alpha value is -3.46. The van der Waals surface area contributed by atoms with Crippen molar-refractivity contribution in [3.63, 3.8) is 0 Å². The summed E-state index contributed by atoms with van der Waals surface area (Å²) in [5.41, 5.74) is 3.61. The minimum Gasteiger partial charge on any atom is -0.351 e. The Morgan fingerprint density at radius 3 is 2.21 bits per heavy atom. The first-order valence-corrected chi connectivity index (χ1v) is 14.5. The highest BCUT2D eigenvalue weighted by Crippen LogP contribution is 2.27. The van der Waals surface area contributed by atoms with Crippen LogP contribution in [0, 0.1) is 5.41 Å². The SMILES string of the molecule is CC(C)(C)C=Cc1ccc(C(Cc2ccc(C(=O)NCCS(=O)(=O)O)cc2)C(=O)Nc2ccccc2Cl)cc1. The molecule has 0 aliphatic heterocycles. The Balaban J connectivity index is 1.80. The molecular formula is C30H33ClN2O5S. The minimum atomic E-state index is -4.16. The Kier molecular flexibility index (Phi) is 10.1. The molecule has 9 heteroatoms. The number of allylic oxidation sites excluding steroid dienone is 1. The molecule has 0 bridgehead atoms. The molecule has 0 fully saturated rings. The third-order valence-electron chi connectivity index (χ3n) is 5.86. The van der Waals surface area contributed by atoms with Crippen LogP contribution in [0.25, 0.3) is 6.08 Å². The summed E-state index contributed by atoms with van der Waals surface area (Å²) in [4.78, 5) is 25.8. The maximum Gasteiger partial charge on any atom is 0.266 e. The summed E-state index contributed by atoms with van der Waals surface area (Å²) < 4.78 is 30.5. The molecule has 3 aromatic carbocycles. The van der Waals surface area contributed by atoms with Gasteiger partial charge in [-0.2, -0.15) is 8.42 Å². The lowest BCUT2D eigenvalue weighted by atomic mass is 9.89. The summed E-state index contributed by atoms with van der Waals surface area (Å²) in [5, 5.41) is 5.83. The van der Waals surface area contributed by atoms with Crippen molar-refractivity contribution in [3.8, 4) is 0 Å². The van der Waals surface area contributed by atoms with Crippen molar-refractivity contribution in [1.29, 1.82) is 0 Å². The van der Waals surface area contributed by atoms with Crippen molar-refractivity contribution in [2.24, 2.45) is 5.41 Å². The molecule has 0 spiro atoms. The number of rotatable bonds is 10. The molecule has 3 rings (SSSR count). The number of hydrogen-bond acceptors (Lipinski definition) is 4. The van der Waals surface area contributed by atoms with E-state index in [0.29, 0.717) is 22.7 Å². The highest BCUT2D eigenvalue weighted by molar-refractivity contribution is 7.85. The van der Waals surface area contributed by atoms with E-state index in [0.717, 1.165) is 16.7 Å². The normalized spacial score (nSPS) is 12.7. The average Bonchev–Trinajstić information content (AvgIpc) is 2.87. The van der Waals surface area contributed by atoms with E-state index < -0.39 is 27.7 Å². The van der Waals surface area contributed by atoms with Gasteiger partial charge < -0.3 is 10.6 Å². The van der Waals surface area contributed by atoms with E-state index in [1.165, 1.54) is 0 Å². The second-order valence-electron chi connectivity index (χ2n) is 10.3. The lowest BCUT2D eigenvalue weighted by Crippen LogP contribution is -2.28. The molecule has 0 saturated heterocycles. The van der Waals surface area contributed by atoms with Crippen LogP contribution in [0.3, 0.4) is 0 Å². The Morgan fingerprint density at radius 2 is 1.62 bits per heavy atom. The zero-order valence-corrected chi connectivity index (χ0v) is 23.7. The van der Waals surface area contributed by atoms with Crippen LogP contribution in [0.15, 0.2) is 78.9 Å². The fraction of sp³-hybridized carbons (Fsp3) is 0.267. The van der Waals surface area contributed by atoms with Gasteiger partial charge in [0, 0.05) is 12.1 Å². The number of carbonyl (C=O) groups is 2. The van der Waals surface area contributed by atoms with Gasteiger partial charge in [0.2, 0.25) is 5.91 Å². The smallest absolute Gasteiger partial charge is 0.266 e. The lowest BCUT2D eigenvalue weighted by Gasteiger charge is -2.19. The number of anilines is 1. The highest BCUT2D eigenvalue weighted by atomic mass is 35.5. The van der Waals surface area contributed by atoms with Gasteiger partial charge >= 0.3 is 0 Å². The fourth-order valence-electron chi connectivity index (χ4n) is 3.75. The van der Waals surface area contributed by atoms with E-state index in [4.69, 9.17) is 16.2 Å². The third-order valence-corrected chi connectivity index (χ3v) is 6.91. The van der Waals surface area contributed by atoms with Crippen molar-refractivity contribution in [2.45, 2.75) is 33.1 Å². The average molecular weight is 569 g/mol. The van der Waals surface area contributed by atoms with Crippen LogP contribution >= 0.6 is 11.6 Å². The molecule has 2 amide bonds. The number of para-hydroxylation sites is 1. The van der Waals surface area contributed by atoms with Crippen LogP contribution in [0.1, 0.15) is 53.7 Å². The van der Waals surface area contributed by atoms with Gasteiger partial charge in [-0.1, -0.05) is 93.1 Å². The van der Waals surface area contributed by atoms with Gasteiger partial charge in [0.25, 0.3) is 16.0 Å². The molecule has 1 unspecified atom stereocenters. The molecule has 3 N–H and O–H groups in total. The summed E-state index contributed by atoms with van der Waals surface area (Å²) in [7, 11) is -4.16. The van der Waals surface area contributed by atoms with Crippen LogP contribution < -0.4 is 10.6 Å². The molecule has 7 nitrogen and oxygen atoms in total. The van der Waals surface area contributed by atoms with E-state index in [9.17, 15) is 18.0 Å². The number of benzene rings is 3. The van der Waals surface area contributed by atoms with E-state index >= 15 is 0 Å². The number of carbonyl (C=O) groups excluding carboxylic acids is 2. The molecule has 0 aliphatic carbocycles. The highest BCUT2D eigenvalue weighted by Gasteiger charge is 2.22. The predicted octanol–water partition coefficient (Wildman–Crippen LogP) is 5.98. The van der Waals surface area contributed by atoms with E-state index in [1.807, 2.05) is 24.3 Å². The van der Waals surface area contributed by atoms with Gasteiger partial charge in [-0.25, -0.2) is 0 Å². The lowest BCUT2D eigenvalue weighted by molar-refractivity contribution is -0.117. The standard InChI is InChI=1S/C30H33ClN2O5S/c1-30(2,3)17-16-21-8-12-23(13-9-21)25(29(35)33-27-7-5-4-6-26(27)31)20-22-10-14-24(15-11-22)28(34)32-18-19-39(36,37)38/h4-17,25H,18-20H2,1-3H3,(H,32,34)(H,33,35)(H,36,37,38). The van der Waals surface area contributed by atoms with Gasteiger partial charge in [0.15, 0.2) is 0 Å². The van der Waals surface area contributed by atoms with Crippen LogP contribution in [0.2, 0.25) is 5.02 Å². The van der Waals surface area contributed by atoms with Gasteiger partial charge in [0.05, 0.1) is 22.4 Å². The zero-order valence-electron chi connectivity index (χ0n) is 22.1. The fourth-order valence-corrected chi connectivity index (χ4v) is 4.30. The van der Waals surface area contributed by atoms with Crippen molar-refractivity contribution in [2.75, 3.05) is 17.6 Å². The predicted molar refractivity (Wildman–Crippen MR) is 157 cm³/mol. The number of hydrogen-bond donors (Lipinski definition) is 3. The van der Waals surface area contributed by atoms with Gasteiger partial charge in [-0.3, -0.25) is 14.1 Å². The van der Waals surface area contributed by atoms with Gasteiger partial charge in [-0.05, 0) is 52.8 Å². The van der Waals surface area contributed by atoms with E-state index in [2.05, 4.69) is 43.6 Å². The van der Waals surface area contributed by atoms with Gasteiger partial charge in [-0.15, -0.1) is 0 Å². The van der Waals surface area contributed by atoms with Crippen LogP contribution in [-0.4, -0.2) is 37.1 Å². The maximum atomic E-state index is 13.5. The quantitative estimate of drug-likeness (QED) is 0.260. The molecule has 39 heavy (non-hydrogen) atoms. The molecule has 0 aromatic heterocycles. The molecule has 0 heterocycles. The second kappa shape index (κ2) is 13.1. The summed E-state index contributed by atoms with van der Waals surface area (Å²) in [5.74, 6) is -1.77. The molecule has 0 radical (unpaired) electrons. The topological polar surface area (TPSA) is 113 Å². The third kappa shape index (κ3) is 9.98. The molecule has 0 aliphatic rings. The Bertz CT molecular complexity index is 1430. The largest absolute Gasteiger partial charge is 0.351 e. The first-order valence-electron chi connectivity index (χ1n) is 12.5. The molecule has 206 valence electrons. The molecule has 1 atom stereocenters. The summed E-state index contributed by atoms with van der Waals surface area (Å²) in [6.07, 6.45) is 4.56. The minimum absolute atomic E-state index is 0.0512. The van der Waals surface area contributed by atoms with Crippen molar-refractivity contribution >= 4 is 45.3 Å². The van der Waals surface area contributed by atoms with Crippen LogP contribution in [0.5, 0.6) is 0 Å². The Morgan fingerprint density at radius 1 is 0.974 bits per heavy atom. The summed E-state index contributed by atoms with van der Waals surface area (Å²) in [6.45, 7) is 6.18. The first kappa shape index (κ1) is 30.1. The van der Waals surface area contributed by atoms with E-state index in [-0.39, 0.29) is 17.9 Å². The van der Waals surface area contributed by atoms with Crippen LogP contribution in [-0.2, 0) is 21.3 Å². The summed E-state index contributed by atoms with van der Waals surface area (Å²) >= 11 is 6.27. The molecule has 3 aromatic rings. The second-order valence-corrected chi connectivity index (χ2v) is 12.3. The maximum absolute atomic E-state index is 13.5. The van der Waals surface area contributed by atoms with Crippen LogP contribution in [0.4, 0.5) is 5.69 Å². The molecule has 0 saturated carbocycles. The summed E-state index contributed by atoms with van der Waals surface area (Å²) in [6, 6.07) is 21.6. The van der Waals surface area contributed by atoms with Crippen molar-refractivity contribution < 1.29 is 22.6 Å². The Labute approximate surface area is 235 Å². The monoisotopic (exact) mass is 568 g/mol. The zero-order chi connectivity index (χ0) is 28.6. The number of amides is 2. The first-order chi connectivity index (χ1) is 18.3. The molecular weight excluding hydrogens is 536 g/mol. The number of nitrogens with one attached hydrogen (secondary N) is 2. The van der Waals surface area contributed by atoms with Gasteiger partial charge in [0.1, 0.15) is 0 Å².